The van der Waals surface area contributed by atoms with Gasteiger partial charge in [-0.2, -0.15) is 0 Å². The molecule has 0 atom stereocenters. The van der Waals surface area contributed by atoms with Crippen molar-refractivity contribution in [3.63, 3.8) is 0 Å². The highest BCUT2D eigenvalue weighted by Crippen LogP contribution is 2.14. The van der Waals surface area contributed by atoms with Gasteiger partial charge >= 0.3 is 0 Å². The molecule has 2 aromatic carbocycles. The molecule has 0 spiro atoms. The highest BCUT2D eigenvalue weighted by atomic mass is 35.5. The van der Waals surface area contributed by atoms with Crippen LogP contribution in [0.2, 0.25) is 5.02 Å². The maximum atomic E-state index is 12.0. The maximum absolute atomic E-state index is 12.0. The lowest BCUT2D eigenvalue weighted by molar-refractivity contribution is -0.120. The Hall–Kier alpha value is -2.37. The van der Waals surface area contributed by atoms with Gasteiger partial charge in [0, 0.05) is 13.1 Å². The van der Waals surface area contributed by atoms with E-state index in [1.165, 1.54) is 31.5 Å². The lowest BCUT2D eigenvalue weighted by atomic mass is 10.1. The highest BCUT2D eigenvalue weighted by molar-refractivity contribution is 6.33. The van der Waals surface area contributed by atoms with E-state index in [2.05, 4.69) is 27.7 Å². The Morgan fingerprint density at radius 2 is 1.59 bits per heavy atom. The number of nitrogens with one attached hydrogen (secondary N) is 2. The summed E-state index contributed by atoms with van der Waals surface area (Å²) in [6.07, 6.45) is 2.58. The fourth-order valence-electron chi connectivity index (χ4n) is 3.13. The number of rotatable bonds is 7. The fraction of sp³-hybridized carbons (Fsp3) is 0.333. The molecule has 2 amide bonds. The number of likely N-dealkylation sites (tertiary alicyclic amines) is 1. The Morgan fingerprint density at radius 3 is 2.30 bits per heavy atom. The Bertz CT molecular complexity index is 786. The number of carbonyl (C=O) groups excluding carboxylic acids is 2. The molecule has 0 aliphatic carbocycles. The normalized spacial score (nSPS) is 14.1. The molecule has 1 fully saturated rings. The molecule has 0 bridgehead atoms. The Kier molecular flexibility index (Phi) is 6.85. The summed E-state index contributed by atoms with van der Waals surface area (Å²) < 4.78 is 0. The van der Waals surface area contributed by atoms with Gasteiger partial charge in [-0.25, -0.2) is 0 Å². The molecule has 2 aromatic rings. The molecule has 0 aromatic heterocycles. The predicted molar refractivity (Wildman–Crippen MR) is 107 cm³/mol. The minimum absolute atomic E-state index is 0.0862. The van der Waals surface area contributed by atoms with Crippen molar-refractivity contribution >= 4 is 23.4 Å². The van der Waals surface area contributed by atoms with Crippen LogP contribution in [0.25, 0.3) is 0 Å². The van der Waals surface area contributed by atoms with Gasteiger partial charge in [-0.3, -0.25) is 14.5 Å². The third-order valence-electron chi connectivity index (χ3n) is 4.65. The van der Waals surface area contributed by atoms with Crippen molar-refractivity contribution in [2.75, 3.05) is 19.6 Å². The van der Waals surface area contributed by atoms with Crippen molar-refractivity contribution in [1.82, 2.24) is 15.5 Å². The second-order valence-corrected chi connectivity index (χ2v) is 7.15. The number of hydrogen-bond acceptors (Lipinski definition) is 3. The van der Waals surface area contributed by atoms with E-state index in [1.54, 1.807) is 24.3 Å². The second-order valence-electron chi connectivity index (χ2n) is 6.74. The molecule has 5 nitrogen and oxygen atoms in total. The van der Waals surface area contributed by atoms with Crippen molar-refractivity contribution < 1.29 is 9.59 Å². The molecule has 142 valence electrons. The third kappa shape index (κ3) is 5.81. The summed E-state index contributed by atoms with van der Waals surface area (Å²) >= 11 is 5.98. The van der Waals surface area contributed by atoms with Crippen molar-refractivity contribution in [2.45, 2.75) is 25.9 Å². The smallest absolute Gasteiger partial charge is 0.253 e. The van der Waals surface area contributed by atoms with Crippen LogP contribution in [0.3, 0.4) is 0 Å². The molecule has 0 unspecified atom stereocenters. The topological polar surface area (TPSA) is 61.4 Å². The Morgan fingerprint density at radius 1 is 0.926 bits per heavy atom. The van der Waals surface area contributed by atoms with Gasteiger partial charge in [-0.15, -0.1) is 0 Å². The number of nitrogens with zero attached hydrogens (tertiary/aromatic N) is 1. The quantitative estimate of drug-likeness (QED) is 0.770. The SMILES string of the molecule is O=C(CNC(=O)c1ccccc1Cl)NCc1ccc(CN2CCCC2)cc1. The van der Waals surface area contributed by atoms with E-state index < -0.39 is 0 Å². The number of amides is 2. The summed E-state index contributed by atoms with van der Waals surface area (Å²) in [4.78, 5) is 26.5. The van der Waals surface area contributed by atoms with E-state index in [-0.39, 0.29) is 18.4 Å². The fourth-order valence-corrected chi connectivity index (χ4v) is 3.35. The zero-order valence-corrected chi connectivity index (χ0v) is 16.0. The monoisotopic (exact) mass is 385 g/mol. The van der Waals surface area contributed by atoms with Crippen molar-refractivity contribution in [3.8, 4) is 0 Å². The van der Waals surface area contributed by atoms with E-state index in [1.807, 2.05) is 12.1 Å². The van der Waals surface area contributed by atoms with Gasteiger partial charge in [0.25, 0.3) is 5.91 Å². The zero-order chi connectivity index (χ0) is 19.1. The first-order valence-corrected chi connectivity index (χ1v) is 9.59. The van der Waals surface area contributed by atoms with Crippen LogP contribution >= 0.6 is 11.6 Å². The number of carbonyl (C=O) groups is 2. The summed E-state index contributed by atoms with van der Waals surface area (Å²) in [6.45, 7) is 3.69. The molecule has 3 rings (SSSR count). The lowest BCUT2D eigenvalue weighted by Crippen LogP contribution is -2.36. The van der Waals surface area contributed by atoms with Gasteiger partial charge in [-0.05, 0) is 49.2 Å². The van der Waals surface area contributed by atoms with E-state index >= 15 is 0 Å². The molecule has 2 N–H and O–H groups in total. The maximum Gasteiger partial charge on any atom is 0.253 e. The first-order valence-electron chi connectivity index (χ1n) is 9.21. The van der Waals surface area contributed by atoms with Gasteiger partial charge in [0.05, 0.1) is 17.1 Å². The average molecular weight is 386 g/mol. The first-order chi connectivity index (χ1) is 13.1. The van der Waals surface area contributed by atoms with Gasteiger partial charge in [0.15, 0.2) is 0 Å². The van der Waals surface area contributed by atoms with Gasteiger partial charge in [0.2, 0.25) is 5.91 Å². The van der Waals surface area contributed by atoms with Crippen molar-refractivity contribution in [1.29, 1.82) is 0 Å². The van der Waals surface area contributed by atoms with E-state index in [0.717, 1.165) is 12.1 Å². The molecule has 27 heavy (non-hydrogen) atoms. The average Bonchev–Trinajstić information content (AvgIpc) is 3.19. The highest BCUT2D eigenvalue weighted by Gasteiger charge is 2.12. The van der Waals surface area contributed by atoms with E-state index in [9.17, 15) is 9.59 Å². The van der Waals surface area contributed by atoms with Crippen LogP contribution in [-0.2, 0) is 17.9 Å². The molecule has 1 saturated heterocycles. The van der Waals surface area contributed by atoms with Crippen molar-refractivity contribution in [3.05, 3.63) is 70.2 Å². The third-order valence-corrected chi connectivity index (χ3v) is 4.98. The van der Waals surface area contributed by atoms with Crippen molar-refractivity contribution in [2.24, 2.45) is 0 Å². The summed E-state index contributed by atoms with van der Waals surface area (Å²) in [5.74, 6) is -0.599. The van der Waals surface area contributed by atoms with Gasteiger partial charge < -0.3 is 10.6 Å². The molecule has 6 heteroatoms. The first kappa shape index (κ1) is 19.4. The van der Waals surface area contributed by atoms with Crippen LogP contribution in [-0.4, -0.2) is 36.3 Å². The molecule has 0 radical (unpaired) electrons. The van der Waals surface area contributed by atoms with Gasteiger partial charge in [0.1, 0.15) is 0 Å². The van der Waals surface area contributed by atoms with Crippen LogP contribution in [0.1, 0.15) is 34.3 Å². The Balaban J connectivity index is 1.41. The zero-order valence-electron chi connectivity index (χ0n) is 15.2. The molecule has 1 heterocycles. The standard InChI is InChI=1S/C21H24ClN3O2/c22-19-6-2-1-5-18(19)21(27)24-14-20(26)23-13-16-7-9-17(10-8-16)15-25-11-3-4-12-25/h1-2,5-10H,3-4,11-15H2,(H,23,26)(H,24,27). The van der Waals surface area contributed by atoms with Crippen LogP contribution in [0.15, 0.2) is 48.5 Å². The second kappa shape index (κ2) is 9.53. The number of hydrogen-bond donors (Lipinski definition) is 2. The summed E-state index contributed by atoms with van der Waals surface area (Å²) in [6, 6.07) is 15.0. The number of halogens is 1. The van der Waals surface area contributed by atoms with E-state index in [0.29, 0.717) is 17.1 Å². The molecule has 1 aliphatic heterocycles. The van der Waals surface area contributed by atoms with Crippen LogP contribution in [0.4, 0.5) is 0 Å². The molecule has 1 aliphatic rings. The number of benzene rings is 2. The Labute approximate surface area is 164 Å². The molecular weight excluding hydrogens is 362 g/mol. The van der Waals surface area contributed by atoms with Gasteiger partial charge in [-0.1, -0.05) is 48.0 Å². The van der Waals surface area contributed by atoms with Crippen LogP contribution in [0.5, 0.6) is 0 Å². The largest absolute Gasteiger partial charge is 0.350 e. The minimum atomic E-state index is -0.359. The lowest BCUT2D eigenvalue weighted by Gasteiger charge is -2.14. The summed E-state index contributed by atoms with van der Waals surface area (Å²) in [5.41, 5.74) is 2.69. The molecule has 0 saturated carbocycles. The van der Waals surface area contributed by atoms with Crippen LogP contribution in [0, 0.1) is 0 Å². The van der Waals surface area contributed by atoms with Crippen LogP contribution < -0.4 is 10.6 Å². The predicted octanol–water partition coefficient (Wildman–Crippen LogP) is 2.98. The van der Waals surface area contributed by atoms with E-state index in [4.69, 9.17) is 11.6 Å². The molecular formula is C21H24ClN3O2. The summed E-state index contributed by atoms with van der Waals surface area (Å²) in [5, 5.41) is 5.77. The minimum Gasteiger partial charge on any atom is -0.350 e. The summed E-state index contributed by atoms with van der Waals surface area (Å²) in [7, 11) is 0.